The molecule has 10 heteroatoms. The number of hydrogen-bond acceptors (Lipinski definition) is 5. The number of ether oxygens (including phenoxy) is 1. The number of sulfonamides is 1. The molecule has 0 fully saturated rings. The number of carbonyl (C=O) groups excluding carboxylic acids is 2. The predicted molar refractivity (Wildman–Crippen MR) is 101 cm³/mol. The first kappa shape index (κ1) is 21.8. The van der Waals surface area contributed by atoms with Crippen molar-refractivity contribution in [3.63, 3.8) is 0 Å². The van der Waals surface area contributed by atoms with E-state index in [1.165, 1.54) is 25.1 Å². The maximum atomic E-state index is 13.7. The Morgan fingerprint density at radius 2 is 1.86 bits per heavy atom. The standard InChI is InChI=1S/C18H18ClFN2O5S/c1-11(27-18(24)15-10-13(19)4-7-16(15)20)17(23)22-9-8-12-2-5-14(6-3-12)28(21,25)26/h2-7,10-11H,8-9H2,1H3,(H,22,23)(H2,21,25,26). The second-order valence-corrected chi connectivity index (χ2v) is 7.90. The highest BCUT2D eigenvalue weighted by Gasteiger charge is 2.21. The smallest absolute Gasteiger partial charge is 0.341 e. The van der Waals surface area contributed by atoms with Gasteiger partial charge in [0.1, 0.15) is 5.82 Å². The Kier molecular flexibility index (Phi) is 7.11. The second kappa shape index (κ2) is 9.13. The summed E-state index contributed by atoms with van der Waals surface area (Å²) in [5.74, 6) is -2.36. The van der Waals surface area contributed by atoms with Crippen LogP contribution in [0.4, 0.5) is 4.39 Å². The Morgan fingerprint density at radius 1 is 1.21 bits per heavy atom. The molecule has 1 amide bonds. The van der Waals surface area contributed by atoms with E-state index in [2.05, 4.69) is 5.32 Å². The summed E-state index contributed by atoms with van der Waals surface area (Å²) in [6, 6.07) is 9.35. The molecule has 0 saturated heterocycles. The molecule has 2 aromatic carbocycles. The summed E-state index contributed by atoms with van der Waals surface area (Å²) in [5.41, 5.74) is 0.417. The molecule has 0 aromatic heterocycles. The highest BCUT2D eigenvalue weighted by atomic mass is 35.5. The van der Waals surface area contributed by atoms with Crippen LogP contribution in [-0.4, -0.2) is 32.9 Å². The number of rotatable bonds is 7. The zero-order chi connectivity index (χ0) is 20.9. The monoisotopic (exact) mass is 428 g/mol. The molecule has 0 aliphatic heterocycles. The maximum Gasteiger partial charge on any atom is 0.341 e. The molecule has 0 bridgehead atoms. The minimum absolute atomic E-state index is 0.00549. The van der Waals surface area contributed by atoms with Gasteiger partial charge in [-0.15, -0.1) is 0 Å². The van der Waals surface area contributed by atoms with E-state index >= 15 is 0 Å². The lowest BCUT2D eigenvalue weighted by Gasteiger charge is -2.14. The van der Waals surface area contributed by atoms with Gasteiger partial charge in [-0.1, -0.05) is 23.7 Å². The van der Waals surface area contributed by atoms with Gasteiger partial charge < -0.3 is 10.1 Å². The van der Waals surface area contributed by atoms with E-state index in [0.29, 0.717) is 6.42 Å². The molecule has 0 aliphatic rings. The molecular weight excluding hydrogens is 411 g/mol. The highest BCUT2D eigenvalue weighted by Crippen LogP contribution is 2.16. The van der Waals surface area contributed by atoms with Gasteiger partial charge in [-0.2, -0.15) is 0 Å². The number of nitrogens with one attached hydrogen (secondary N) is 1. The molecule has 150 valence electrons. The largest absolute Gasteiger partial charge is 0.449 e. The van der Waals surface area contributed by atoms with Crippen LogP contribution in [0, 0.1) is 5.82 Å². The Balaban J connectivity index is 1.85. The number of nitrogens with two attached hydrogens (primary N) is 1. The fourth-order valence-electron chi connectivity index (χ4n) is 2.25. The fourth-order valence-corrected chi connectivity index (χ4v) is 2.94. The molecule has 2 rings (SSSR count). The van der Waals surface area contributed by atoms with Crippen molar-refractivity contribution < 1.29 is 27.1 Å². The van der Waals surface area contributed by atoms with Crippen molar-refractivity contribution in [2.75, 3.05) is 6.54 Å². The highest BCUT2D eigenvalue weighted by molar-refractivity contribution is 7.89. The summed E-state index contributed by atoms with van der Waals surface area (Å²) < 4.78 is 41.0. The summed E-state index contributed by atoms with van der Waals surface area (Å²) >= 11 is 5.73. The third-order valence-corrected chi connectivity index (χ3v) is 4.93. The number of amides is 1. The third-order valence-electron chi connectivity index (χ3n) is 3.77. The molecule has 28 heavy (non-hydrogen) atoms. The molecule has 3 N–H and O–H groups in total. The molecule has 0 saturated carbocycles. The fraction of sp³-hybridized carbons (Fsp3) is 0.222. The lowest BCUT2D eigenvalue weighted by Crippen LogP contribution is -2.37. The average molecular weight is 429 g/mol. The Labute approximate surface area is 166 Å². The first-order valence-corrected chi connectivity index (χ1v) is 10.1. The molecule has 2 aromatic rings. The maximum absolute atomic E-state index is 13.7. The molecule has 1 unspecified atom stereocenters. The van der Waals surface area contributed by atoms with Crippen LogP contribution in [0.5, 0.6) is 0 Å². The van der Waals surface area contributed by atoms with E-state index < -0.39 is 33.8 Å². The van der Waals surface area contributed by atoms with Crippen LogP contribution in [-0.2, 0) is 26.0 Å². The number of hydrogen-bond donors (Lipinski definition) is 2. The summed E-state index contributed by atoms with van der Waals surface area (Å²) in [5, 5.41) is 7.77. The molecular formula is C18H18ClFN2O5S. The average Bonchev–Trinajstić information content (AvgIpc) is 2.63. The van der Waals surface area contributed by atoms with Gasteiger partial charge >= 0.3 is 5.97 Å². The number of benzene rings is 2. The van der Waals surface area contributed by atoms with Gasteiger partial charge in [0.25, 0.3) is 5.91 Å². The van der Waals surface area contributed by atoms with Gasteiger partial charge in [0.05, 0.1) is 10.5 Å². The van der Waals surface area contributed by atoms with Crippen molar-refractivity contribution in [2.45, 2.75) is 24.3 Å². The van der Waals surface area contributed by atoms with Crippen LogP contribution in [0.1, 0.15) is 22.8 Å². The van der Waals surface area contributed by atoms with Gasteiger partial charge in [0.2, 0.25) is 10.0 Å². The van der Waals surface area contributed by atoms with Gasteiger partial charge in [0.15, 0.2) is 6.10 Å². The van der Waals surface area contributed by atoms with E-state index in [1.807, 2.05) is 0 Å². The van der Waals surface area contributed by atoms with Crippen molar-refractivity contribution >= 4 is 33.5 Å². The number of esters is 1. The minimum Gasteiger partial charge on any atom is -0.449 e. The summed E-state index contributed by atoms with van der Waals surface area (Å²) in [6.07, 6.45) is -0.726. The minimum atomic E-state index is -3.76. The lowest BCUT2D eigenvalue weighted by molar-refractivity contribution is -0.129. The first-order valence-electron chi connectivity index (χ1n) is 8.13. The van der Waals surface area contributed by atoms with Crippen molar-refractivity contribution in [3.05, 3.63) is 64.4 Å². The van der Waals surface area contributed by atoms with Gasteiger partial charge in [-0.25, -0.2) is 22.7 Å². The lowest BCUT2D eigenvalue weighted by atomic mass is 10.1. The van der Waals surface area contributed by atoms with E-state index in [-0.39, 0.29) is 22.0 Å². The molecule has 0 spiro atoms. The molecule has 0 radical (unpaired) electrons. The van der Waals surface area contributed by atoms with E-state index in [1.54, 1.807) is 12.1 Å². The van der Waals surface area contributed by atoms with Crippen molar-refractivity contribution in [3.8, 4) is 0 Å². The van der Waals surface area contributed by atoms with Crippen LogP contribution in [0.2, 0.25) is 5.02 Å². The van der Waals surface area contributed by atoms with Crippen LogP contribution in [0.15, 0.2) is 47.4 Å². The molecule has 1 atom stereocenters. The van der Waals surface area contributed by atoms with Gasteiger partial charge in [-0.3, -0.25) is 4.79 Å². The Morgan fingerprint density at radius 3 is 2.46 bits per heavy atom. The second-order valence-electron chi connectivity index (χ2n) is 5.90. The van der Waals surface area contributed by atoms with Crippen molar-refractivity contribution in [1.29, 1.82) is 0 Å². The summed E-state index contributed by atoms with van der Waals surface area (Å²) in [6.45, 7) is 1.58. The van der Waals surface area contributed by atoms with Crippen LogP contribution in [0.3, 0.4) is 0 Å². The number of halogens is 2. The zero-order valence-electron chi connectivity index (χ0n) is 14.8. The summed E-state index contributed by atoms with van der Waals surface area (Å²) in [4.78, 5) is 24.0. The third kappa shape index (κ3) is 6.01. The Bertz CT molecular complexity index is 980. The van der Waals surface area contributed by atoms with E-state index in [4.69, 9.17) is 21.5 Å². The normalized spacial score (nSPS) is 12.3. The topological polar surface area (TPSA) is 116 Å². The number of carbonyl (C=O) groups is 2. The predicted octanol–water partition coefficient (Wildman–Crippen LogP) is 2.03. The van der Waals surface area contributed by atoms with Crippen molar-refractivity contribution in [1.82, 2.24) is 5.32 Å². The van der Waals surface area contributed by atoms with Crippen LogP contribution >= 0.6 is 11.6 Å². The van der Waals surface area contributed by atoms with E-state index in [9.17, 15) is 22.4 Å². The molecule has 0 heterocycles. The van der Waals surface area contributed by atoms with Gasteiger partial charge in [-0.05, 0) is 49.2 Å². The SMILES string of the molecule is CC(OC(=O)c1cc(Cl)ccc1F)C(=O)NCCc1ccc(S(N)(=O)=O)cc1. The summed E-state index contributed by atoms with van der Waals surface area (Å²) in [7, 11) is -3.76. The van der Waals surface area contributed by atoms with Gasteiger partial charge in [0, 0.05) is 11.6 Å². The van der Waals surface area contributed by atoms with Crippen LogP contribution in [0.25, 0.3) is 0 Å². The van der Waals surface area contributed by atoms with Crippen LogP contribution < -0.4 is 10.5 Å². The zero-order valence-corrected chi connectivity index (χ0v) is 16.4. The van der Waals surface area contributed by atoms with E-state index in [0.717, 1.165) is 17.7 Å². The Hall–Kier alpha value is -2.49. The first-order chi connectivity index (χ1) is 13.1. The quantitative estimate of drug-likeness (QED) is 0.654. The van der Waals surface area contributed by atoms with Crippen molar-refractivity contribution in [2.24, 2.45) is 5.14 Å². The number of primary sulfonamides is 1. The molecule has 0 aliphatic carbocycles. The molecule has 7 nitrogen and oxygen atoms in total.